The van der Waals surface area contributed by atoms with Crippen LogP contribution in [0.5, 0.6) is 5.75 Å². The highest BCUT2D eigenvalue weighted by atomic mass is 16.5. The Morgan fingerprint density at radius 2 is 1.88 bits per heavy atom. The van der Waals surface area contributed by atoms with Crippen LogP contribution in [0, 0.1) is 0 Å². The van der Waals surface area contributed by atoms with E-state index in [0.717, 1.165) is 17.0 Å². The molecule has 1 aromatic heterocycles. The van der Waals surface area contributed by atoms with Crippen molar-refractivity contribution in [2.75, 3.05) is 0 Å². The number of benzene rings is 1. The van der Waals surface area contributed by atoms with Gasteiger partial charge in [-0.3, -0.25) is 4.79 Å². The van der Waals surface area contributed by atoms with E-state index in [9.17, 15) is 4.79 Å². The molecule has 0 spiro atoms. The molecule has 88 valence electrons. The first kappa shape index (κ1) is 11.5. The molecule has 3 nitrogen and oxygen atoms in total. The van der Waals surface area contributed by atoms with Gasteiger partial charge in [-0.1, -0.05) is 18.2 Å². The second-order valence-electron chi connectivity index (χ2n) is 4.12. The monoisotopic (exact) mass is 229 g/mol. The fourth-order valence-electron chi connectivity index (χ4n) is 1.63. The van der Waals surface area contributed by atoms with E-state index >= 15 is 0 Å². The maximum atomic E-state index is 11.2. The maximum Gasteiger partial charge on any atom is 0.248 e. The van der Waals surface area contributed by atoms with Crippen molar-refractivity contribution in [3.63, 3.8) is 0 Å². The first-order valence-corrected chi connectivity index (χ1v) is 5.61. The summed E-state index contributed by atoms with van der Waals surface area (Å²) in [5.41, 5.74) is 1.64. The van der Waals surface area contributed by atoms with Gasteiger partial charge in [0.2, 0.25) is 5.56 Å². The Morgan fingerprint density at radius 1 is 1.12 bits per heavy atom. The molecular formula is C14H15NO2. The first-order chi connectivity index (χ1) is 8.15. The minimum absolute atomic E-state index is 0.0994. The minimum Gasteiger partial charge on any atom is -0.491 e. The third-order valence-corrected chi connectivity index (χ3v) is 2.29. The van der Waals surface area contributed by atoms with Crippen molar-refractivity contribution in [2.24, 2.45) is 0 Å². The number of nitrogens with one attached hydrogen (secondary N) is 1. The Labute approximate surface area is 100 Å². The molecule has 1 aromatic carbocycles. The van der Waals surface area contributed by atoms with Crippen LogP contribution in [0.15, 0.2) is 47.3 Å². The van der Waals surface area contributed by atoms with E-state index in [0.29, 0.717) is 0 Å². The largest absolute Gasteiger partial charge is 0.491 e. The zero-order valence-electron chi connectivity index (χ0n) is 9.94. The predicted molar refractivity (Wildman–Crippen MR) is 68.3 cm³/mol. The zero-order valence-corrected chi connectivity index (χ0v) is 9.94. The van der Waals surface area contributed by atoms with Crippen molar-refractivity contribution in [2.45, 2.75) is 20.0 Å². The van der Waals surface area contributed by atoms with Gasteiger partial charge in [0.05, 0.1) is 6.10 Å². The van der Waals surface area contributed by atoms with Crippen molar-refractivity contribution < 1.29 is 4.74 Å². The number of aromatic nitrogens is 1. The van der Waals surface area contributed by atoms with Gasteiger partial charge in [-0.2, -0.15) is 0 Å². The van der Waals surface area contributed by atoms with E-state index in [1.165, 1.54) is 6.07 Å². The van der Waals surface area contributed by atoms with Gasteiger partial charge in [0.1, 0.15) is 5.75 Å². The van der Waals surface area contributed by atoms with E-state index < -0.39 is 0 Å². The molecule has 0 saturated heterocycles. The normalized spacial score (nSPS) is 10.5. The molecule has 0 bridgehead atoms. The number of pyridine rings is 1. The highest BCUT2D eigenvalue weighted by molar-refractivity contribution is 5.60. The quantitative estimate of drug-likeness (QED) is 0.879. The highest BCUT2D eigenvalue weighted by Gasteiger charge is 2.02. The van der Waals surface area contributed by atoms with Crippen LogP contribution in [0.25, 0.3) is 11.3 Å². The summed E-state index contributed by atoms with van der Waals surface area (Å²) in [7, 11) is 0. The predicted octanol–water partition coefficient (Wildman–Crippen LogP) is 2.83. The van der Waals surface area contributed by atoms with Crippen molar-refractivity contribution in [1.82, 2.24) is 4.98 Å². The molecule has 2 aromatic rings. The van der Waals surface area contributed by atoms with Crippen LogP contribution in [0.3, 0.4) is 0 Å². The molecular weight excluding hydrogens is 214 g/mol. The van der Waals surface area contributed by atoms with Crippen LogP contribution in [0.2, 0.25) is 0 Å². The molecule has 2 rings (SSSR count). The molecule has 0 saturated carbocycles. The highest BCUT2D eigenvalue weighted by Crippen LogP contribution is 2.21. The smallest absolute Gasteiger partial charge is 0.248 e. The van der Waals surface area contributed by atoms with E-state index in [1.54, 1.807) is 6.07 Å². The van der Waals surface area contributed by atoms with Crippen molar-refractivity contribution in [3.8, 4) is 17.0 Å². The molecule has 0 unspecified atom stereocenters. The number of aromatic amines is 1. The summed E-state index contributed by atoms with van der Waals surface area (Å²) in [4.78, 5) is 14.0. The molecule has 0 atom stereocenters. The maximum absolute atomic E-state index is 11.2. The second kappa shape index (κ2) is 4.87. The fraction of sp³-hybridized carbons (Fsp3) is 0.214. The summed E-state index contributed by atoms with van der Waals surface area (Å²) < 4.78 is 5.61. The lowest BCUT2D eigenvalue weighted by Crippen LogP contribution is -2.06. The van der Waals surface area contributed by atoms with Gasteiger partial charge in [0.25, 0.3) is 0 Å². The summed E-state index contributed by atoms with van der Waals surface area (Å²) in [6.45, 7) is 3.97. The standard InChI is InChI=1S/C14H15NO2/c1-10(2)17-12-6-3-5-11(9-12)13-7-4-8-14(16)15-13/h3-10H,1-2H3,(H,15,16). The number of hydrogen-bond donors (Lipinski definition) is 1. The van der Waals surface area contributed by atoms with E-state index in [-0.39, 0.29) is 11.7 Å². The van der Waals surface area contributed by atoms with Crippen LogP contribution in [0.4, 0.5) is 0 Å². The SMILES string of the molecule is CC(C)Oc1cccc(-c2cccc(=O)[nH]2)c1. The van der Waals surface area contributed by atoms with Crippen molar-refractivity contribution >= 4 is 0 Å². The summed E-state index contributed by atoms with van der Waals surface area (Å²) in [5, 5.41) is 0. The number of rotatable bonds is 3. The number of ether oxygens (including phenoxy) is 1. The van der Waals surface area contributed by atoms with Crippen LogP contribution >= 0.6 is 0 Å². The summed E-state index contributed by atoms with van der Waals surface area (Å²) in [6.07, 6.45) is 0.139. The molecule has 1 heterocycles. The van der Waals surface area contributed by atoms with Crippen molar-refractivity contribution in [3.05, 3.63) is 52.8 Å². The molecule has 3 heteroatoms. The molecule has 0 amide bonds. The summed E-state index contributed by atoms with van der Waals surface area (Å²) in [6, 6.07) is 12.8. The Bertz CT molecular complexity index is 558. The van der Waals surface area contributed by atoms with Gasteiger partial charge in [-0.15, -0.1) is 0 Å². The zero-order chi connectivity index (χ0) is 12.3. The Kier molecular flexibility index (Phi) is 3.28. The Hall–Kier alpha value is -2.03. The fourth-order valence-corrected chi connectivity index (χ4v) is 1.63. The third-order valence-electron chi connectivity index (χ3n) is 2.29. The molecule has 0 aliphatic carbocycles. The molecule has 0 aliphatic heterocycles. The minimum atomic E-state index is -0.0994. The van der Waals surface area contributed by atoms with E-state index in [2.05, 4.69) is 4.98 Å². The van der Waals surface area contributed by atoms with Gasteiger partial charge >= 0.3 is 0 Å². The van der Waals surface area contributed by atoms with Crippen LogP contribution in [-0.4, -0.2) is 11.1 Å². The molecule has 1 N–H and O–H groups in total. The summed E-state index contributed by atoms with van der Waals surface area (Å²) >= 11 is 0. The average Bonchev–Trinajstić information content (AvgIpc) is 2.28. The Balaban J connectivity index is 2.36. The lowest BCUT2D eigenvalue weighted by atomic mass is 10.1. The van der Waals surface area contributed by atoms with Gasteiger partial charge < -0.3 is 9.72 Å². The molecule has 0 radical (unpaired) electrons. The third kappa shape index (κ3) is 2.97. The van der Waals surface area contributed by atoms with Gasteiger partial charge in [-0.25, -0.2) is 0 Å². The number of H-pyrrole nitrogens is 1. The van der Waals surface area contributed by atoms with Crippen LogP contribution < -0.4 is 10.3 Å². The van der Waals surface area contributed by atoms with Crippen LogP contribution in [-0.2, 0) is 0 Å². The molecule has 17 heavy (non-hydrogen) atoms. The van der Waals surface area contributed by atoms with Gasteiger partial charge in [0.15, 0.2) is 0 Å². The average molecular weight is 229 g/mol. The lowest BCUT2D eigenvalue weighted by molar-refractivity contribution is 0.242. The van der Waals surface area contributed by atoms with E-state index in [1.807, 2.05) is 44.2 Å². The van der Waals surface area contributed by atoms with Gasteiger partial charge in [0, 0.05) is 17.3 Å². The van der Waals surface area contributed by atoms with Crippen LogP contribution in [0.1, 0.15) is 13.8 Å². The first-order valence-electron chi connectivity index (χ1n) is 5.61. The topological polar surface area (TPSA) is 42.1 Å². The van der Waals surface area contributed by atoms with E-state index in [4.69, 9.17) is 4.74 Å². The molecule has 0 aliphatic rings. The molecule has 0 fully saturated rings. The summed E-state index contributed by atoms with van der Waals surface area (Å²) in [5.74, 6) is 0.808. The Morgan fingerprint density at radius 3 is 2.59 bits per heavy atom. The van der Waals surface area contributed by atoms with Gasteiger partial charge in [-0.05, 0) is 32.0 Å². The lowest BCUT2D eigenvalue weighted by Gasteiger charge is -2.10. The number of hydrogen-bond acceptors (Lipinski definition) is 2. The second-order valence-corrected chi connectivity index (χ2v) is 4.12. The van der Waals surface area contributed by atoms with Crippen molar-refractivity contribution in [1.29, 1.82) is 0 Å².